The lowest BCUT2D eigenvalue weighted by Gasteiger charge is -2.20. The number of benzene rings is 2. The molecule has 1 aliphatic rings. The van der Waals surface area contributed by atoms with Crippen molar-refractivity contribution in [1.29, 1.82) is 0 Å². The largest absolute Gasteiger partial charge is 0.438 e. The number of urea groups is 1. The zero-order chi connectivity index (χ0) is 26.9. The molecule has 0 bridgehead atoms. The summed E-state index contributed by atoms with van der Waals surface area (Å²) in [7, 11) is 1.73. The fourth-order valence-corrected chi connectivity index (χ4v) is 4.18. The van der Waals surface area contributed by atoms with Crippen LogP contribution in [0.3, 0.4) is 0 Å². The molecule has 0 saturated carbocycles. The first kappa shape index (κ1) is 25.0. The van der Waals surface area contributed by atoms with Crippen molar-refractivity contribution >= 4 is 23.4 Å². The third kappa shape index (κ3) is 4.95. The van der Waals surface area contributed by atoms with Crippen molar-refractivity contribution in [3.05, 3.63) is 84.2 Å². The van der Waals surface area contributed by atoms with Crippen LogP contribution in [0, 0.1) is 6.92 Å². The van der Waals surface area contributed by atoms with E-state index in [4.69, 9.17) is 4.74 Å². The summed E-state index contributed by atoms with van der Waals surface area (Å²) in [6.45, 7) is 2.44. The third-order valence-corrected chi connectivity index (χ3v) is 6.10. The predicted molar refractivity (Wildman–Crippen MR) is 138 cm³/mol. The highest BCUT2D eigenvalue weighted by molar-refractivity contribution is 6.06. The molecule has 0 aliphatic carbocycles. The van der Waals surface area contributed by atoms with E-state index in [1.165, 1.54) is 21.9 Å². The van der Waals surface area contributed by atoms with E-state index in [1.807, 2.05) is 13.0 Å². The Morgan fingerprint density at radius 3 is 2.39 bits per heavy atom. The van der Waals surface area contributed by atoms with Gasteiger partial charge >= 0.3 is 12.2 Å². The van der Waals surface area contributed by atoms with E-state index < -0.39 is 17.8 Å². The lowest BCUT2D eigenvalue weighted by Crippen LogP contribution is -2.31. The lowest BCUT2D eigenvalue weighted by atomic mass is 10.1. The summed E-state index contributed by atoms with van der Waals surface area (Å²) in [6.07, 6.45) is -1.23. The molecule has 0 unspecified atom stereocenters. The second-order valence-corrected chi connectivity index (χ2v) is 8.56. The molecule has 1 fully saturated rings. The van der Waals surface area contributed by atoms with Gasteiger partial charge in [-0.3, -0.25) is 9.80 Å². The second kappa shape index (κ2) is 10.0. The Kier molecular flexibility index (Phi) is 6.58. The van der Waals surface area contributed by atoms with E-state index in [0.29, 0.717) is 41.1 Å². The molecule has 1 aliphatic heterocycles. The van der Waals surface area contributed by atoms with Gasteiger partial charge in [-0.05, 0) is 67.1 Å². The van der Waals surface area contributed by atoms with Gasteiger partial charge in [0.25, 0.3) is 0 Å². The maximum Gasteiger partial charge on any atom is 0.416 e. The number of pyridine rings is 1. The molecule has 38 heavy (non-hydrogen) atoms. The van der Waals surface area contributed by atoms with Crippen LogP contribution in [-0.2, 0) is 6.18 Å². The quantitative estimate of drug-likeness (QED) is 0.329. The summed E-state index contributed by atoms with van der Waals surface area (Å²) < 4.78 is 45.6. The average Bonchev–Trinajstić information content (AvgIpc) is 3.31. The van der Waals surface area contributed by atoms with Crippen LogP contribution in [0.4, 0.5) is 35.3 Å². The zero-order valence-electron chi connectivity index (χ0n) is 20.5. The van der Waals surface area contributed by atoms with Gasteiger partial charge in [-0.1, -0.05) is 6.07 Å². The van der Waals surface area contributed by atoms with E-state index in [1.54, 1.807) is 49.8 Å². The number of anilines is 3. The normalized spacial score (nSPS) is 13.7. The molecule has 1 saturated heterocycles. The molecule has 0 spiro atoms. The number of carbonyl (C=O) groups excluding carboxylic acids is 1. The minimum absolute atomic E-state index is 0.206. The van der Waals surface area contributed by atoms with Gasteiger partial charge in [-0.25, -0.2) is 19.7 Å². The topological polar surface area (TPSA) is 83.5 Å². The van der Waals surface area contributed by atoms with Gasteiger partial charge in [0.1, 0.15) is 5.75 Å². The van der Waals surface area contributed by atoms with Crippen molar-refractivity contribution in [3.63, 3.8) is 0 Å². The molecule has 2 aromatic carbocycles. The molecule has 3 heterocycles. The van der Waals surface area contributed by atoms with Crippen molar-refractivity contribution in [3.8, 4) is 22.9 Å². The van der Waals surface area contributed by atoms with Crippen LogP contribution in [0.25, 0.3) is 11.3 Å². The number of aryl methyl sites for hydroxylation is 1. The van der Waals surface area contributed by atoms with Crippen LogP contribution >= 0.6 is 0 Å². The Morgan fingerprint density at radius 1 is 0.921 bits per heavy atom. The average molecular weight is 521 g/mol. The lowest BCUT2D eigenvalue weighted by molar-refractivity contribution is -0.137. The monoisotopic (exact) mass is 520 g/mol. The minimum atomic E-state index is -4.48. The highest BCUT2D eigenvalue weighted by Gasteiger charge is 2.34. The smallest absolute Gasteiger partial charge is 0.416 e. The van der Waals surface area contributed by atoms with Crippen LogP contribution in [0.1, 0.15) is 11.1 Å². The number of rotatable bonds is 6. The van der Waals surface area contributed by atoms with Crippen molar-refractivity contribution in [2.45, 2.75) is 13.1 Å². The first-order chi connectivity index (χ1) is 18.2. The van der Waals surface area contributed by atoms with Crippen LogP contribution in [-0.4, -0.2) is 41.1 Å². The predicted octanol–water partition coefficient (Wildman–Crippen LogP) is 6.15. The fraction of sp³-hybridized carbons (Fsp3) is 0.185. The van der Waals surface area contributed by atoms with Gasteiger partial charge in [0.15, 0.2) is 0 Å². The van der Waals surface area contributed by atoms with Gasteiger partial charge in [0.05, 0.1) is 16.8 Å². The number of hydrogen-bond donors (Lipinski definition) is 1. The molecule has 194 valence electrons. The molecule has 11 heteroatoms. The van der Waals surface area contributed by atoms with E-state index in [9.17, 15) is 18.0 Å². The Morgan fingerprint density at radius 2 is 1.68 bits per heavy atom. The SMILES string of the molecule is CNc1nccc(-c2cccnc2Oc2ccc(N3CCN(c4cccc(C(F)(F)F)c4)C3=O)cc2C)n1. The van der Waals surface area contributed by atoms with Gasteiger partial charge in [0, 0.05) is 43.9 Å². The van der Waals surface area contributed by atoms with Gasteiger partial charge in [-0.15, -0.1) is 0 Å². The van der Waals surface area contributed by atoms with Crippen molar-refractivity contribution in [2.24, 2.45) is 0 Å². The maximum atomic E-state index is 13.1. The molecule has 0 atom stereocenters. The zero-order valence-corrected chi connectivity index (χ0v) is 20.5. The second-order valence-electron chi connectivity index (χ2n) is 8.56. The van der Waals surface area contributed by atoms with Gasteiger partial charge in [0.2, 0.25) is 11.8 Å². The fourth-order valence-electron chi connectivity index (χ4n) is 4.18. The van der Waals surface area contributed by atoms with E-state index in [2.05, 4.69) is 20.3 Å². The van der Waals surface area contributed by atoms with E-state index in [-0.39, 0.29) is 12.2 Å². The number of carbonyl (C=O) groups is 1. The number of ether oxygens (including phenoxy) is 1. The number of aromatic nitrogens is 3. The van der Waals surface area contributed by atoms with E-state index >= 15 is 0 Å². The highest BCUT2D eigenvalue weighted by atomic mass is 19.4. The summed E-state index contributed by atoms with van der Waals surface area (Å²) in [5.74, 6) is 1.36. The summed E-state index contributed by atoms with van der Waals surface area (Å²) in [4.78, 5) is 29.0. The van der Waals surface area contributed by atoms with E-state index in [0.717, 1.165) is 17.7 Å². The Labute approximate surface area is 216 Å². The third-order valence-electron chi connectivity index (χ3n) is 6.10. The molecule has 8 nitrogen and oxygen atoms in total. The first-order valence-electron chi connectivity index (χ1n) is 11.8. The number of alkyl halides is 3. The van der Waals surface area contributed by atoms with Crippen LogP contribution in [0.5, 0.6) is 11.6 Å². The summed E-state index contributed by atoms with van der Waals surface area (Å²) in [6, 6.07) is 15.1. The molecule has 5 rings (SSSR count). The molecular formula is C27H23F3N6O2. The Hall–Kier alpha value is -4.67. The van der Waals surface area contributed by atoms with Crippen molar-refractivity contribution in [1.82, 2.24) is 15.0 Å². The Balaban J connectivity index is 1.36. The highest BCUT2D eigenvalue weighted by Crippen LogP contribution is 2.36. The van der Waals surface area contributed by atoms with Crippen LogP contribution < -0.4 is 19.9 Å². The summed E-state index contributed by atoms with van der Waals surface area (Å²) >= 11 is 0. The van der Waals surface area contributed by atoms with Crippen LogP contribution in [0.15, 0.2) is 73.1 Å². The maximum absolute atomic E-state index is 13.1. The standard InChI is InChI=1S/C27H23F3N6O2/c1-17-15-20(36-14-13-35(26(36)37)19-6-3-5-18(16-19)27(28,29)30)8-9-23(17)38-24-21(7-4-11-32-24)22-10-12-33-25(31-2)34-22/h3-12,15-16H,13-14H2,1-2H3,(H,31,33,34). The molecule has 2 amide bonds. The molecule has 1 N–H and O–H groups in total. The molecule has 0 radical (unpaired) electrons. The molecule has 2 aromatic heterocycles. The summed E-state index contributed by atoms with van der Waals surface area (Å²) in [5, 5.41) is 2.91. The molecule has 4 aromatic rings. The minimum Gasteiger partial charge on any atom is -0.438 e. The number of nitrogens with zero attached hydrogens (tertiary/aromatic N) is 5. The molecular weight excluding hydrogens is 497 g/mol. The Bertz CT molecular complexity index is 1490. The van der Waals surface area contributed by atoms with Crippen LogP contribution in [0.2, 0.25) is 0 Å². The van der Waals surface area contributed by atoms with Gasteiger partial charge < -0.3 is 10.1 Å². The summed E-state index contributed by atoms with van der Waals surface area (Å²) in [5.41, 5.74) is 2.10. The van der Waals surface area contributed by atoms with Gasteiger partial charge in [-0.2, -0.15) is 13.2 Å². The first-order valence-corrected chi connectivity index (χ1v) is 11.8. The number of hydrogen-bond acceptors (Lipinski definition) is 6. The van der Waals surface area contributed by atoms with Crippen molar-refractivity contribution in [2.75, 3.05) is 35.3 Å². The number of halogens is 3. The number of nitrogens with one attached hydrogen (secondary N) is 1. The van der Waals surface area contributed by atoms with Crippen molar-refractivity contribution < 1.29 is 22.7 Å². The number of amides is 2.